The average Bonchev–Trinajstić information content (AvgIpc) is 2.72. The maximum Gasteiger partial charge on any atom is 0.352 e. The maximum absolute atomic E-state index is 6.78. The lowest BCUT2D eigenvalue weighted by atomic mass is 10.4. The normalized spacial score (nSPS) is 17.6. The van der Waals surface area contributed by atoms with E-state index in [1.54, 1.807) is 0 Å². The summed E-state index contributed by atoms with van der Waals surface area (Å²) in [6, 6.07) is 0. The minimum absolute atomic E-state index is 0.447. The number of unbranched alkanes of at least 4 members (excludes halogenated alkanes) is 3. The fraction of sp³-hybridized carbons (Fsp3) is 1.00. The zero-order chi connectivity index (χ0) is 24.3. The van der Waals surface area contributed by atoms with Crippen molar-refractivity contribution in [3.05, 3.63) is 0 Å². The summed E-state index contributed by atoms with van der Waals surface area (Å²) in [5.74, 6) is 0. The van der Waals surface area contributed by atoms with Crippen molar-refractivity contribution in [3.63, 3.8) is 0 Å². The van der Waals surface area contributed by atoms with Crippen LogP contribution >= 0.6 is 0 Å². The van der Waals surface area contributed by atoms with Crippen LogP contribution in [0.4, 0.5) is 0 Å². The van der Waals surface area contributed by atoms with Crippen LogP contribution in [-0.2, 0) is 31.3 Å². The molecule has 0 aliphatic rings. The minimum Gasteiger partial charge on any atom is -0.412 e. The molecule has 10 heteroatoms. The van der Waals surface area contributed by atoms with Gasteiger partial charge in [0, 0.05) is 33.0 Å². The van der Waals surface area contributed by atoms with Gasteiger partial charge in [-0.1, -0.05) is 40.0 Å². The van der Waals surface area contributed by atoms with E-state index in [0.717, 1.165) is 51.7 Å². The second-order valence-electron chi connectivity index (χ2n) is 8.69. The first-order valence-corrected chi connectivity index (χ1v) is 20.2. The number of hydrogen-bond donors (Lipinski definition) is 0. The molecule has 0 spiro atoms. The van der Waals surface area contributed by atoms with Gasteiger partial charge in [0.05, 0.1) is 18.7 Å². The van der Waals surface area contributed by atoms with E-state index < -0.39 is 25.7 Å². The molecule has 0 fully saturated rings. The summed E-state index contributed by atoms with van der Waals surface area (Å²) in [5, 5.41) is 0. The molecule has 0 radical (unpaired) electrons. The SMILES string of the molecule is CCCCOC[Si](C)(OCC)O[Si](C)(COCCCC)O[Si](C)(COCCCC)OCC. The Labute approximate surface area is 201 Å². The van der Waals surface area contributed by atoms with Gasteiger partial charge in [-0.2, -0.15) is 0 Å². The van der Waals surface area contributed by atoms with Crippen LogP contribution in [0.3, 0.4) is 0 Å². The van der Waals surface area contributed by atoms with E-state index in [1.807, 2.05) is 13.8 Å². The Hall–Kier alpha value is 0.371. The molecule has 0 aromatic carbocycles. The molecule has 0 N–H and O–H groups in total. The van der Waals surface area contributed by atoms with Crippen molar-refractivity contribution in [2.24, 2.45) is 0 Å². The molecule has 0 aromatic rings. The fourth-order valence-electron chi connectivity index (χ4n) is 3.32. The summed E-state index contributed by atoms with van der Waals surface area (Å²) in [6.45, 7) is 20.0. The number of rotatable bonds is 23. The van der Waals surface area contributed by atoms with Crippen molar-refractivity contribution in [1.82, 2.24) is 0 Å². The van der Waals surface area contributed by atoms with Gasteiger partial charge in [-0.3, -0.25) is 0 Å². The third-order valence-corrected chi connectivity index (χ3v) is 15.7. The van der Waals surface area contributed by atoms with E-state index in [1.165, 1.54) is 0 Å². The molecule has 0 aliphatic heterocycles. The predicted molar refractivity (Wildman–Crippen MR) is 137 cm³/mol. The third-order valence-electron chi connectivity index (χ3n) is 4.78. The van der Waals surface area contributed by atoms with E-state index in [4.69, 9.17) is 31.3 Å². The van der Waals surface area contributed by atoms with Crippen LogP contribution in [0.1, 0.15) is 73.1 Å². The van der Waals surface area contributed by atoms with Gasteiger partial charge >= 0.3 is 25.7 Å². The molecule has 0 rings (SSSR count). The second-order valence-corrected chi connectivity index (χ2v) is 18.6. The van der Waals surface area contributed by atoms with Gasteiger partial charge in [0.15, 0.2) is 0 Å². The van der Waals surface area contributed by atoms with Crippen LogP contribution in [0.5, 0.6) is 0 Å². The number of ether oxygens (including phenoxy) is 3. The molecule has 2 unspecified atom stereocenters. The van der Waals surface area contributed by atoms with Crippen molar-refractivity contribution >= 4 is 25.7 Å². The first kappa shape index (κ1) is 32.4. The Balaban J connectivity index is 5.45. The average molecular weight is 513 g/mol. The Morgan fingerprint density at radius 1 is 0.469 bits per heavy atom. The van der Waals surface area contributed by atoms with Crippen LogP contribution in [0.25, 0.3) is 0 Å². The zero-order valence-electron chi connectivity index (χ0n) is 22.3. The molecule has 0 heterocycles. The molecule has 0 aliphatic carbocycles. The summed E-state index contributed by atoms with van der Waals surface area (Å²) < 4.78 is 43.8. The molecule has 0 amide bonds. The maximum atomic E-state index is 6.78. The molecular weight excluding hydrogens is 460 g/mol. The summed E-state index contributed by atoms with van der Waals surface area (Å²) >= 11 is 0. The third kappa shape index (κ3) is 15.3. The summed E-state index contributed by atoms with van der Waals surface area (Å²) in [7, 11) is -8.01. The Morgan fingerprint density at radius 2 is 0.781 bits per heavy atom. The molecular formula is C22H52O7Si3. The molecule has 194 valence electrons. The minimum atomic E-state index is -2.79. The number of hydrogen-bond acceptors (Lipinski definition) is 7. The highest BCUT2D eigenvalue weighted by Gasteiger charge is 2.49. The smallest absolute Gasteiger partial charge is 0.352 e. The van der Waals surface area contributed by atoms with Crippen molar-refractivity contribution in [3.8, 4) is 0 Å². The molecule has 0 saturated carbocycles. The summed E-state index contributed by atoms with van der Waals surface area (Å²) in [4.78, 5) is 0. The quantitative estimate of drug-likeness (QED) is 0.135. The molecule has 0 saturated heterocycles. The Bertz CT molecular complexity index is 418. The first-order chi connectivity index (χ1) is 15.2. The highest BCUT2D eigenvalue weighted by molar-refractivity contribution is 6.85. The molecule has 7 nitrogen and oxygen atoms in total. The van der Waals surface area contributed by atoms with Crippen molar-refractivity contribution in [2.75, 3.05) is 51.7 Å². The van der Waals surface area contributed by atoms with Gasteiger partial charge in [0.2, 0.25) is 0 Å². The predicted octanol–water partition coefficient (Wildman–Crippen LogP) is 5.38. The van der Waals surface area contributed by atoms with E-state index in [2.05, 4.69) is 40.4 Å². The van der Waals surface area contributed by atoms with Gasteiger partial charge in [0.25, 0.3) is 0 Å². The lowest BCUT2D eigenvalue weighted by Crippen LogP contribution is -2.63. The molecule has 0 aromatic heterocycles. The van der Waals surface area contributed by atoms with Crippen LogP contribution in [-0.4, -0.2) is 77.4 Å². The van der Waals surface area contributed by atoms with Gasteiger partial charge < -0.3 is 31.3 Å². The van der Waals surface area contributed by atoms with Gasteiger partial charge in [-0.05, 0) is 52.8 Å². The van der Waals surface area contributed by atoms with Gasteiger partial charge in [0.1, 0.15) is 0 Å². The molecule has 2 atom stereocenters. The van der Waals surface area contributed by atoms with Crippen LogP contribution in [0, 0.1) is 0 Å². The van der Waals surface area contributed by atoms with E-state index in [9.17, 15) is 0 Å². The van der Waals surface area contributed by atoms with Crippen molar-refractivity contribution in [1.29, 1.82) is 0 Å². The largest absolute Gasteiger partial charge is 0.412 e. The van der Waals surface area contributed by atoms with Crippen LogP contribution in [0.2, 0.25) is 19.6 Å². The van der Waals surface area contributed by atoms with Crippen LogP contribution < -0.4 is 0 Å². The topological polar surface area (TPSA) is 64.6 Å². The lowest BCUT2D eigenvalue weighted by molar-refractivity contribution is 0.0960. The fourth-order valence-corrected chi connectivity index (χ4v) is 15.5. The second kappa shape index (κ2) is 18.7. The van der Waals surface area contributed by atoms with E-state index in [0.29, 0.717) is 38.5 Å². The van der Waals surface area contributed by atoms with Gasteiger partial charge in [-0.25, -0.2) is 0 Å². The Morgan fingerprint density at radius 3 is 1.06 bits per heavy atom. The van der Waals surface area contributed by atoms with E-state index >= 15 is 0 Å². The zero-order valence-corrected chi connectivity index (χ0v) is 25.3. The molecule has 0 bridgehead atoms. The lowest BCUT2D eigenvalue weighted by Gasteiger charge is -2.41. The van der Waals surface area contributed by atoms with E-state index in [-0.39, 0.29) is 0 Å². The molecule has 32 heavy (non-hydrogen) atoms. The van der Waals surface area contributed by atoms with Crippen LogP contribution in [0.15, 0.2) is 0 Å². The standard InChI is InChI=1S/C22H52O7Si3/c1-9-14-17-23-20-30(6,26-12-4)28-32(8,22-25-19-16-11-3)29-31(7,27-13-5)21-24-18-15-10-2/h9-22H2,1-8H3. The Kier molecular flexibility index (Phi) is 18.9. The highest BCUT2D eigenvalue weighted by atomic mass is 28.5. The highest BCUT2D eigenvalue weighted by Crippen LogP contribution is 2.24. The van der Waals surface area contributed by atoms with Crippen molar-refractivity contribution < 1.29 is 31.3 Å². The summed E-state index contributed by atoms with van der Waals surface area (Å²) in [6.07, 6.45) is 7.80. The summed E-state index contributed by atoms with van der Waals surface area (Å²) in [5.41, 5.74) is 0. The monoisotopic (exact) mass is 512 g/mol. The van der Waals surface area contributed by atoms with Gasteiger partial charge in [-0.15, -0.1) is 0 Å². The first-order valence-electron chi connectivity index (χ1n) is 12.6. The van der Waals surface area contributed by atoms with Crippen molar-refractivity contribution in [2.45, 2.75) is 92.8 Å².